The normalized spacial score (nSPS) is 11.6. The number of hydrogen-bond acceptors (Lipinski definition) is 6. The molecule has 1 aromatic heterocycles. The Morgan fingerprint density at radius 3 is 2.92 bits per heavy atom. The van der Waals surface area contributed by atoms with Gasteiger partial charge >= 0.3 is 0 Å². The third kappa shape index (κ3) is 4.23. The Kier molecular flexibility index (Phi) is 5.09. The Balaban J connectivity index is 1.39. The van der Waals surface area contributed by atoms with E-state index in [2.05, 4.69) is 22.3 Å². The molecule has 0 aliphatic carbocycles. The van der Waals surface area contributed by atoms with Gasteiger partial charge in [0, 0.05) is 11.6 Å². The highest BCUT2D eigenvalue weighted by atomic mass is 16.7. The van der Waals surface area contributed by atoms with Gasteiger partial charge in [-0.25, -0.2) is 0 Å². The molecule has 7 nitrogen and oxygen atoms in total. The molecule has 0 radical (unpaired) electrons. The summed E-state index contributed by atoms with van der Waals surface area (Å²) in [7, 11) is 0. The molecule has 2 aromatic rings. The number of ether oxygens (including phenoxy) is 3. The standard InChI is InChI=1S/C18H18N2O5/c1-12-15(13(2)25-20-12)10-18(21)19-7-3-4-8-22-14-5-6-16-17(9-14)24-11-23-16/h5-6,9H,7-8,10-11H2,1-2H3,(H,19,21). The quantitative estimate of drug-likeness (QED) is 0.834. The largest absolute Gasteiger partial charge is 0.481 e. The van der Waals surface area contributed by atoms with Gasteiger partial charge in [-0.05, 0) is 26.0 Å². The molecule has 1 aliphatic rings. The maximum absolute atomic E-state index is 11.9. The third-order valence-electron chi connectivity index (χ3n) is 3.67. The zero-order valence-electron chi connectivity index (χ0n) is 14.0. The van der Waals surface area contributed by atoms with Crippen LogP contribution in [0, 0.1) is 25.7 Å². The minimum Gasteiger partial charge on any atom is -0.481 e. The number of nitrogens with one attached hydrogen (secondary N) is 1. The van der Waals surface area contributed by atoms with Crippen LogP contribution in [0.3, 0.4) is 0 Å². The number of rotatable bonds is 5. The van der Waals surface area contributed by atoms with Gasteiger partial charge in [0.15, 0.2) is 11.5 Å². The van der Waals surface area contributed by atoms with E-state index in [-0.39, 0.29) is 32.3 Å². The molecule has 1 aromatic carbocycles. The van der Waals surface area contributed by atoms with Crippen LogP contribution in [0.5, 0.6) is 17.2 Å². The van der Waals surface area contributed by atoms with Crippen molar-refractivity contribution in [3.05, 3.63) is 35.2 Å². The van der Waals surface area contributed by atoms with Gasteiger partial charge in [0.05, 0.1) is 18.7 Å². The molecular formula is C18H18N2O5. The molecule has 3 rings (SSSR count). The molecule has 0 saturated heterocycles. The summed E-state index contributed by atoms with van der Waals surface area (Å²) in [6.45, 7) is 4.31. The summed E-state index contributed by atoms with van der Waals surface area (Å²) in [5, 5.41) is 6.56. The molecule has 7 heteroatoms. The van der Waals surface area contributed by atoms with Crippen molar-refractivity contribution in [2.45, 2.75) is 20.3 Å². The Morgan fingerprint density at radius 2 is 2.12 bits per heavy atom. The molecule has 1 amide bonds. The van der Waals surface area contributed by atoms with E-state index in [0.29, 0.717) is 23.0 Å². The molecule has 0 fully saturated rings. The molecule has 0 atom stereocenters. The van der Waals surface area contributed by atoms with Crippen molar-refractivity contribution in [1.82, 2.24) is 10.5 Å². The van der Waals surface area contributed by atoms with E-state index in [1.54, 1.807) is 25.1 Å². The monoisotopic (exact) mass is 342 g/mol. The smallest absolute Gasteiger partial charge is 0.231 e. The fourth-order valence-corrected chi connectivity index (χ4v) is 2.32. The first-order valence-corrected chi connectivity index (χ1v) is 7.80. The summed E-state index contributed by atoms with van der Waals surface area (Å²) in [5.41, 5.74) is 1.55. The van der Waals surface area contributed by atoms with Crippen LogP contribution >= 0.6 is 0 Å². The van der Waals surface area contributed by atoms with Gasteiger partial charge < -0.3 is 24.1 Å². The van der Waals surface area contributed by atoms with Gasteiger partial charge in [0.2, 0.25) is 12.7 Å². The van der Waals surface area contributed by atoms with E-state index in [1.165, 1.54) is 0 Å². The predicted octanol–water partition coefficient (Wildman–Crippen LogP) is 1.76. The fraction of sp³-hybridized carbons (Fsp3) is 0.333. The van der Waals surface area contributed by atoms with E-state index < -0.39 is 0 Å². The van der Waals surface area contributed by atoms with Crippen molar-refractivity contribution in [3.63, 3.8) is 0 Å². The number of benzene rings is 1. The number of aromatic nitrogens is 1. The molecule has 25 heavy (non-hydrogen) atoms. The van der Waals surface area contributed by atoms with Gasteiger partial charge in [0.25, 0.3) is 0 Å². The average Bonchev–Trinajstić information content (AvgIpc) is 3.19. The van der Waals surface area contributed by atoms with Crippen molar-refractivity contribution in [1.29, 1.82) is 0 Å². The molecule has 0 unspecified atom stereocenters. The van der Waals surface area contributed by atoms with Crippen molar-refractivity contribution >= 4 is 5.91 Å². The van der Waals surface area contributed by atoms with Crippen LogP contribution in [0.1, 0.15) is 17.0 Å². The number of hydrogen-bond donors (Lipinski definition) is 1. The minimum absolute atomic E-state index is 0.125. The summed E-state index contributed by atoms with van der Waals surface area (Å²) in [6.07, 6.45) is 0.233. The number of nitrogens with zero attached hydrogens (tertiary/aromatic N) is 1. The maximum atomic E-state index is 11.9. The van der Waals surface area contributed by atoms with Crippen molar-refractivity contribution in [2.24, 2.45) is 0 Å². The van der Waals surface area contributed by atoms with Crippen LogP contribution < -0.4 is 19.5 Å². The van der Waals surface area contributed by atoms with Crippen LogP contribution in [0.4, 0.5) is 0 Å². The lowest BCUT2D eigenvalue weighted by molar-refractivity contribution is -0.120. The number of fused-ring (bicyclic) bond motifs is 1. The second-order valence-corrected chi connectivity index (χ2v) is 5.41. The number of aryl methyl sites for hydroxylation is 2. The first kappa shape index (κ1) is 16.7. The molecular weight excluding hydrogens is 324 g/mol. The summed E-state index contributed by atoms with van der Waals surface area (Å²) in [6, 6.07) is 5.34. The van der Waals surface area contributed by atoms with Gasteiger partial charge in [-0.2, -0.15) is 0 Å². The van der Waals surface area contributed by atoms with E-state index in [0.717, 1.165) is 11.3 Å². The van der Waals surface area contributed by atoms with Gasteiger partial charge in [-0.1, -0.05) is 17.0 Å². The highest BCUT2D eigenvalue weighted by Gasteiger charge is 2.14. The van der Waals surface area contributed by atoms with E-state index in [1.807, 2.05) is 6.92 Å². The zero-order valence-corrected chi connectivity index (χ0v) is 14.0. The molecule has 1 aliphatic heterocycles. The number of amides is 1. The maximum Gasteiger partial charge on any atom is 0.231 e. The highest BCUT2D eigenvalue weighted by molar-refractivity contribution is 5.79. The topological polar surface area (TPSA) is 82.8 Å². The zero-order chi connectivity index (χ0) is 17.6. The third-order valence-corrected chi connectivity index (χ3v) is 3.67. The Bertz CT molecular complexity index is 812. The summed E-state index contributed by atoms with van der Waals surface area (Å²) in [5.74, 6) is 8.26. The van der Waals surface area contributed by atoms with Gasteiger partial charge in [0.1, 0.15) is 18.1 Å². The van der Waals surface area contributed by atoms with Crippen LogP contribution in [0.2, 0.25) is 0 Å². The lowest BCUT2D eigenvalue weighted by atomic mass is 10.1. The average molecular weight is 342 g/mol. The summed E-state index contributed by atoms with van der Waals surface area (Å²) in [4.78, 5) is 11.9. The predicted molar refractivity (Wildman–Crippen MR) is 88.5 cm³/mol. The SMILES string of the molecule is Cc1noc(C)c1CC(=O)NCC#CCOc1ccc2c(c1)OCO2. The van der Waals surface area contributed by atoms with E-state index in [4.69, 9.17) is 18.7 Å². The minimum atomic E-state index is -0.125. The first-order chi connectivity index (χ1) is 12.1. The van der Waals surface area contributed by atoms with Crippen molar-refractivity contribution in [2.75, 3.05) is 19.9 Å². The Hall–Kier alpha value is -3.14. The van der Waals surface area contributed by atoms with Crippen LogP contribution in [-0.4, -0.2) is 31.0 Å². The van der Waals surface area contributed by atoms with Crippen LogP contribution in [0.15, 0.2) is 22.7 Å². The fourth-order valence-electron chi connectivity index (χ4n) is 2.32. The van der Waals surface area contributed by atoms with Crippen molar-refractivity contribution < 1.29 is 23.5 Å². The second kappa shape index (κ2) is 7.62. The molecule has 130 valence electrons. The molecule has 0 bridgehead atoms. The Labute approximate surface area is 145 Å². The number of carbonyl (C=O) groups is 1. The lowest BCUT2D eigenvalue weighted by Crippen LogP contribution is -2.25. The van der Waals surface area contributed by atoms with E-state index >= 15 is 0 Å². The van der Waals surface area contributed by atoms with Crippen LogP contribution in [0.25, 0.3) is 0 Å². The summed E-state index contributed by atoms with van der Waals surface area (Å²) >= 11 is 0. The molecule has 1 N–H and O–H groups in total. The Morgan fingerprint density at radius 1 is 1.28 bits per heavy atom. The summed E-state index contributed by atoms with van der Waals surface area (Å²) < 4.78 is 21.0. The number of carbonyl (C=O) groups excluding carboxylic acids is 1. The lowest BCUT2D eigenvalue weighted by Gasteiger charge is -2.03. The van der Waals surface area contributed by atoms with Gasteiger partial charge in [-0.3, -0.25) is 4.79 Å². The molecule has 0 saturated carbocycles. The molecule has 0 spiro atoms. The van der Waals surface area contributed by atoms with Gasteiger partial charge in [-0.15, -0.1) is 0 Å². The second-order valence-electron chi connectivity index (χ2n) is 5.41. The van der Waals surface area contributed by atoms with E-state index in [9.17, 15) is 4.79 Å². The van der Waals surface area contributed by atoms with Crippen molar-refractivity contribution in [3.8, 4) is 29.1 Å². The molecule has 2 heterocycles. The first-order valence-electron chi connectivity index (χ1n) is 7.80. The highest BCUT2D eigenvalue weighted by Crippen LogP contribution is 2.34. The van der Waals surface area contributed by atoms with Crippen LogP contribution in [-0.2, 0) is 11.2 Å².